The Balaban J connectivity index is 2.24. The molecule has 0 N–H and O–H groups in total. The van der Waals surface area contributed by atoms with Crippen LogP contribution in [0.1, 0.15) is 5.56 Å². The molecular weight excluding hydrogens is 237 g/mol. The van der Waals surface area contributed by atoms with E-state index in [-0.39, 0.29) is 11.5 Å². The third-order valence-electron chi connectivity index (χ3n) is 2.41. The second-order valence-electron chi connectivity index (χ2n) is 3.76. The average molecular weight is 247 g/mol. The van der Waals surface area contributed by atoms with Gasteiger partial charge in [-0.3, -0.25) is 10.1 Å². The van der Waals surface area contributed by atoms with Crippen LogP contribution in [0.2, 0.25) is 0 Å². The summed E-state index contributed by atoms with van der Waals surface area (Å²) in [7, 11) is 0. The van der Waals surface area contributed by atoms with Crippen molar-refractivity contribution >= 4 is 5.69 Å². The van der Waals surface area contributed by atoms with Crippen LogP contribution < -0.4 is 4.74 Å². The molecule has 0 heterocycles. The molecule has 18 heavy (non-hydrogen) atoms. The number of aryl methyl sites for hydroxylation is 1. The van der Waals surface area contributed by atoms with Crippen LogP contribution in [0.25, 0.3) is 0 Å². The van der Waals surface area contributed by atoms with Crippen molar-refractivity contribution in [3.63, 3.8) is 0 Å². The van der Waals surface area contributed by atoms with Crippen molar-refractivity contribution in [3.05, 3.63) is 64.0 Å². The Morgan fingerprint density at radius 1 is 1.17 bits per heavy atom. The quantitative estimate of drug-likeness (QED) is 0.611. The van der Waals surface area contributed by atoms with Gasteiger partial charge in [-0.25, -0.2) is 4.39 Å². The molecule has 2 aromatic carbocycles. The molecule has 2 aromatic rings. The maximum absolute atomic E-state index is 12.7. The van der Waals surface area contributed by atoms with E-state index < -0.39 is 4.92 Å². The molecule has 0 aliphatic heterocycles. The Morgan fingerprint density at radius 2 is 1.83 bits per heavy atom. The highest BCUT2D eigenvalue weighted by atomic mass is 19.1. The van der Waals surface area contributed by atoms with E-state index >= 15 is 0 Å². The summed E-state index contributed by atoms with van der Waals surface area (Å²) in [6.07, 6.45) is 0. The van der Waals surface area contributed by atoms with Crippen molar-refractivity contribution < 1.29 is 14.1 Å². The molecule has 92 valence electrons. The Bertz CT molecular complexity index is 581. The molecule has 0 unspecified atom stereocenters. The van der Waals surface area contributed by atoms with Crippen LogP contribution in [-0.2, 0) is 0 Å². The monoisotopic (exact) mass is 247 g/mol. The van der Waals surface area contributed by atoms with E-state index in [1.54, 1.807) is 6.92 Å². The minimum Gasteiger partial charge on any atom is -0.457 e. The normalized spacial score (nSPS) is 10.1. The van der Waals surface area contributed by atoms with Gasteiger partial charge in [0.25, 0.3) is 5.69 Å². The summed E-state index contributed by atoms with van der Waals surface area (Å²) in [4.78, 5) is 10.1. The second kappa shape index (κ2) is 4.83. The van der Waals surface area contributed by atoms with Crippen molar-refractivity contribution in [1.82, 2.24) is 0 Å². The maximum Gasteiger partial charge on any atom is 0.269 e. The molecule has 0 fully saturated rings. The number of hydrogen-bond donors (Lipinski definition) is 0. The first kappa shape index (κ1) is 12.0. The molecule has 0 aliphatic rings. The molecule has 0 aromatic heterocycles. The van der Waals surface area contributed by atoms with Crippen molar-refractivity contribution in [1.29, 1.82) is 0 Å². The summed E-state index contributed by atoms with van der Waals surface area (Å²) < 4.78 is 18.2. The molecule has 5 heteroatoms. The van der Waals surface area contributed by atoms with Gasteiger partial charge in [0, 0.05) is 12.1 Å². The summed E-state index contributed by atoms with van der Waals surface area (Å²) in [6, 6.07) is 9.89. The van der Waals surface area contributed by atoms with E-state index in [0.717, 1.165) is 0 Å². The number of nitrogens with zero attached hydrogens (tertiary/aromatic N) is 1. The van der Waals surface area contributed by atoms with Gasteiger partial charge in [-0.2, -0.15) is 0 Å². The minimum absolute atomic E-state index is 0.0129. The number of nitro benzene ring substituents is 1. The number of non-ortho nitro benzene ring substituents is 1. The van der Waals surface area contributed by atoms with Crippen molar-refractivity contribution in [2.75, 3.05) is 0 Å². The summed E-state index contributed by atoms with van der Waals surface area (Å²) >= 11 is 0. The van der Waals surface area contributed by atoms with Crippen LogP contribution >= 0.6 is 0 Å². The topological polar surface area (TPSA) is 52.4 Å². The first-order chi connectivity index (χ1) is 8.56. The number of rotatable bonds is 3. The van der Waals surface area contributed by atoms with Gasteiger partial charge >= 0.3 is 0 Å². The Hall–Kier alpha value is -2.43. The fraction of sp³-hybridized carbons (Fsp3) is 0.0769. The second-order valence-corrected chi connectivity index (χ2v) is 3.76. The van der Waals surface area contributed by atoms with Gasteiger partial charge in [0.05, 0.1) is 4.92 Å². The zero-order valence-electron chi connectivity index (χ0n) is 9.59. The van der Waals surface area contributed by atoms with Crippen LogP contribution in [0.5, 0.6) is 11.5 Å². The van der Waals surface area contributed by atoms with Gasteiger partial charge in [-0.1, -0.05) is 0 Å². The fourth-order valence-electron chi connectivity index (χ4n) is 1.49. The highest BCUT2D eigenvalue weighted by Crippen LogP contribution is 2.27. The molecule has 0 saturated carbocycles. The zero-order chi connectivity index (χ0) is 13.1. The smallest absolute Gasteiger partial charge is 0.269 e. The maximum atomic E-state index is 12.7. The van der Waals surface area contributed by atoms with Gasteiger partial charge in [0.15, 0.2) is 0 Å². The van der Waals surface area contributed by atoms with Gasteiger partial charge in [0.2, 0.25) is 0 Å². The van der Waals surface area contributed by atoms with Crippen LogP contribution in [0, 0.1) is 22.9 Å². The number of nitro groups is 1. The van der Waals surface area contributed by atoms with Crippen LogP contribution in [0.4, 0.5) is 10.1 Å². The van der Waals surface area contributed by atoms with Crippen LogP contribution in [0.3, 0.4) is 0 Å². The molecule has 2 rings (SSSR count). The van der Waals surface area contributed by atoms with Crippen LogP contribution in [-0.4, -0.2) is 4.92 Å². The molecule has 0 aliphatic carbocycles. The largest absolute Gasteiger partial charge is 0.457 e. The number of ether oxygens (including phenoxy) is 1. The number of halogens is 1. The highest BCUT2D eigenvalue weighted by molar-refractivity contribution is 5.44. The van der Waals surface area contributed by atoms with E-state index in [1.807, 2.05) is 0 Å². The molecule has 0 bridgehead atoms. The van der Waals surface area contributed by atoms with E-state index in [0.29, 0.717) is 17.1 Å². The Labute approximate surface area is 103 Å². The van der Waals surface area contributed by atoms with E-state index in [4.69, 9.17) is 4.74 Å². The molecule has 0 radical (unpaired) electrons. The molecule has 0 amide bonds. The lowest BCUT2D eigenvalue weighted by Crippen LogP contribution is -1.91. The Kier molecular flexibility index (Phi) is 3.23. The van der Waals surface area contributed by atoms with Gasteiger partial charge in [-0.15, -0.1) is 0 Å². The first-order valence-corrected chi connectivity index (χ1v) is 5.25. The van der Waals surface area contributed by atoms with Gasteiger partial charge in [-0.05, 0) is 42.8 Å². The molecule has 0 spiro atoms. The summed E-state index contributed by atoms with van der Waals surface area (Å²) in [5.41, 5.74) is 0.660. The summed E-state index contributed by atoms with van der Waals surface area (Å²) in [5, 5.41) is 10.6. The first-order valence-electron chi connectivity index (χ1n) is 5.25. The number of hydrogen-bond acceptors (Lipinski definition) is 3. The zero-order valence-corrected chi connectivity index (χ0v) is 9.59. The van der Waals surface area contributed by atoms with Crippen molar-refractivity contribution in [2.24, 2.45) is 0 Å². The van der Waals surface area contributed by atoms with Gasteiger partial charge in [0.1, 0.15) is 17.3 Å². The molecule has 0 saturated heterocycles. The minimum atomic E-state index is -0.464. The standard InChI is InChI=1S/C13H10FNO3/c1-9-8-11(15(16)17)4-7-13(9)18-12-5-2-10(14)3-6-12/h2-8H,1H3. The SMILES string of the molecule is Cc1cc([N+](=O)[O-])ccc1Oc1ccc(F)cc1. The third kappa shape index (κ3) is 2.63. The average Bonchev–Trinajstić information content (AvgIpc) is 2.34. The number of benzene rings is 2. The lowest BCUT2D eigenvalue weighted by molar-refractivity contribution is -0.384. The molecular formula is C13H10FNO3. The molecule has 0 atom stereocenters. The lowest BCUT2D eigenvalue weighted by atomic mass is 10.2. The summed E-state index contributed by atoms with van der Waals surface area (Å²) in [6.45, 7) is 1.71. The summed E-state index contributed by atoms with van der Waals surface area (Å²) in [5.74, 6) is 0.642. The fourth-order valence-corrected chi connectivity index (χ4v) is 1.49. The van der Waals surface area contributed by atoms with Gasteiger partial charge < -0.3 is 4.74 Å². The third-order valence-corrected chi connectivity index (χ3v) is 2.41. The van der Waals surface area contributed by atoms with Crippen molar-refractivity contribution in [2.45, 2.75) is 6.92 Å². The predicted octanol–water partition coefficient (Wildman–Crippen LogP) is 3.83. The van der Waals surface area contributed by atoms with E-state index in [2.05, 4.69) is 0 Å². The lowest BCUT2D eigenvalue weighted by Gasteiger charge is -2.08. The van der Waals surface area contributed by atoms with Crippen molar-refractivity contribution in [3.8, 4) is 11.5 Å². The highest BCUT2D eigenvalue weighted by Gasteiger charge is 2.09. The van der Waals surface area contributed by atoms with E-state index in [1.165, 1.54) is 42.5 Å². The van der Waals surface area contributed by atoms with Crippen LogP contribution in [0.15, 0.2) is 42.5 Å². The molecule has 4 nitrogen and oxygen atoms in total. The van der Waals surface area contributed by atoms with E-state index in [9.17, 15) is 14.5 Å². The predicted molar refractivity (Wildman–Crippen MR) is 64.3 cm³/mol. The Morgan fingerprint density at radius 3 is 2.39 bits per heavy atom.